The predicted octanol–water partition coefficient (Wildman–Crippen LogP) is 6.39. The van der Waals surface area contributed by atoms with E-state index in [2.05, 4.69) is 31.1 Å². The van der Waals surface area contributed by atoms with Gasteiger partial charge in [-0.3, -0.25) is 0 Å². The van der Waals surface area contributed by atoms with Gasteiger partial charge in [0.25, 0.3) is 0 Å². The van der Waals surface area contributed by atoms with E-state index < -0.39 is 74.3 Å². The summed E-state index contributed by atoms with van der Waals surface area (Å²) in [5, 5.41) is 19.5. The third-order valence-electron chi connectivity index (χ3n) is 5.13. The molecule has 0 aliphatic heterocycles. The van der Waals surface area contributed by atoms with Crippen molar-refractivity contribution in [1.29, 1.82) is 0 Å². The molecule has 4 rings (SSSR count). The van der Waals surface area contributed by atoms with E-state index in [0.717, 1.165) is 0 Å². The van der Waals surface area contributed by atoms with Crippen LogP contribution in [0, 0.1) is 0 Å². The fourth-order valence-electron chi connectivity index (χ4n) is 3.34. The van der Waals surface area contributed by atoms with E-state index in [4.69, 9.17) is 23.2 Å². The minimum absolute atomic E-state index is 0.199. The fraction of sp³-hybridized carbons (Fsp3) is 0.263. The van der Waals surface area contributed by atoms with Gasteiger partial charge in [0.1, 0.15) is 0 Å². The summed E-state index contributed by atoms with van der Waals surface area (Å²) in [4.78, 5) is 0. The summed E-state index contributed by atoms with van der Waals surface area (Å²) >= 11 is 12.5. The van der Waals surface area contributed by atoms with Crippen LogP contribution in [0.25, 0.3) is 11.4 Å². The van der Waals surface area contributed by atoms with Crippen molar-refractivity contribution < 1.29 is 52.7 Å². The highest BCUT2D eigenvalue weighted by atomic mass is 35.5. The quantitative estimate of drug-likeness (QED) is 0.189. The van der Waals surface area contributed by atoms with Gasteiger partial charge in [0.15, 0.2) is 0 Å². The highest BCUT2D eigenvalue weighted by Crippen LogP contribution is 2.43. The van der Waals surface area contributed by atoms with Crippen molar-refractivity contribution in [1.82, 2.24) is 40.4 Å². The molecule has 0 unspecified atom stereocenters. The molecule has 2 heterocycles. The lowest BCUT2D eigenvalue weighted by Crippen LogP contribution is -2.25. The Hall–Kier alpha value is -3.68. The molecular weight excluding hydrogens is 639 g/mol. The van der Waals surface area contributed by atoms with Gasteiger partial charge in [0.05, 0.1) is 33.6 Å². The van der Waals surface area contributed by atoms with Gasteiger partial charge < -0.3 is 0 Å². The molecule has 2 aromatic carbocycles. The van der Waals surface area contributed by atoms with Gasteiger partial charge in [-0.2, -0.15) is 62.0 Å². The number of nitrogens with zero attached hydrogens (tertiary/aromatic N) is 8. The van der Waals surface area contributed by atoms with Crippen LogP contribution in [0.15, 0.2) is 36.4 Å². The smallest absolute Gasteiger partial charge is 0.194 e. The monoisotopic (exact) mass is 644 g/mol. The standard InChI is InChI=1S/C19H6Cl2F12N8/c20-15(21,13-34-36-38-40(13)11-3-7(16(22,23)24)1-8(4-11)17(25,26)27)14-35-37-39-41(14)12-5-9(18(28,29)30)2-10(6-12)19(31,32)33/h1-6H. The molecule has 0 saturated carbocycles. The number of rotatable bonds is 4. The number of benzene rings is 2. The first-order chi connectivity index (χ1) is 18.6. The molecule has 8 nitrogen and oxygen atoms in total. The van der Waals surface area contributed by atoms with Crippen molar-refractivity contribution in [2.45, 2.75) is 29.0 Å². The molecule has 4 aromatic rings. The van der Waals surface area contributed by atoms with E-state index in [-0.39, 0.29) is 45.8 Å². The maximum absolute atomic E-state index is 13.3. The Labute approximate surface area is 227 Å². The molecule has 0 N–H and O–H groups in total. The van der Waals surface area contributed by atoms with Crippen LogP contribution >= 0.6 is 23.2 Å². The molecular formula is C19H6Cl2F12N8. The lowest BCUT2D eigenvalue weighted by Gasteiger charge is -2.20. The minimum atomic E-state index is -5.28. The molecule has 0 fully saturated rings. The third-order valence-corrected chi connectivity index (χ3v) is 5.81. The van der Waals surface area contributed by atoms with Crippen LogP contribution in [-0.4, -0.2) is 40.4 Å². The van der Waals surface area contributed by atoms with Gasteiger partial charge in [0, 0.05) is 0 Å². The van der Waals surface area contributed by atoms with E-state index in [9.17, 15) is 52.7 Å². The first kappa shape index (κ1) is 30.3. The zero-order valence-corrected chi connectivity index (χ0v) is 20.3. The first-order valence-electron chi connectivity index (χ1n) is 10.2. The summed E-state index contributed by atoms with van der Waals surface area (Å²) in [5.41, 5.74) is -9.09. The van der Waals surface area contributed by atoms with Crippen LogP contribution in [0.5, 0.6) is 0 Å². The van der Waals surface area contributed by atoms with Crippen molar-refractivity contribution in [3.05, 3.63) is 70.3 Å². The van der Waals surface area contributed by atoms with Gasteiger partial charge in [0.2, 0.25) is 16.0 Å². The zero-order chi connectivity index (χ0) is 30.8. The van der Waals surface area contributed by atoms with Crippen LogP contribution < -0.4 is 0 Å². The summed E-state index contributed by atoms with van der Waals surface area (Å²) < 4.78 is 158. The third kappa shape index (κ3) is 6.02. The highest BCUT2D eigenvalue weighted by molar-refractivity contribution is 6.49. The SMILES string of the molecule is FC(F)(F)c1cc(-n2nnnc2C(Cl)(Cl)c2nnnn2-c2cc(C(F)(F)F)cc(C(F)(F)F)c2)cc(C(F)(F)F)c1. The van der Waals surface area contributed by atoms with Crippen LogP contribution in [0.4, 0.5) is 52.7 Å². The Kier molecular flexibility index (Phi) is 7.17. The average Bonchev–Trinajstić information content (AvgIpc) is 3.52. The second kappa shape index (κ2) is 9.71. The summed E-state index contributed by atoms with van der Waals surface area (Å²) in [6.07, 6.45) is -21.1. The molecule has 22 heteroatoms. The van der Waals surface area contributed by atoms with Crippen LogP contribution in [0.2, 0.25) is 0 Å². The number of tetrazole rings is 2. The maximum Gasteiger partial charge on any atom is 0.416 e. The Morgan fingerprint density at radius 3 is 0.976 bits per heavy atom. The summed E-state index contributed by atoms with van der Waals surface area (Å²) in [6.45, 7) is 0. The molecule has 2 aromatic heterocycles. The predicted molar refractivity (Wildman–Crippen MR) is 111 cm³/mol. The molecule has 0 spiro atoms. The van der Waals surface area contributed by atoms with Crippen molar-refractivity contribution in [2.75, 3.05) is 0 Å². The molecule has 0 radical (unpaired) electrons. The molecule has 0 amide bonds. The molecule has 0 aliphatic carbocycles. The molecule has 0 bridgehead atoms. The second-order valence-corrected chi connectivity index (χ2v) is 9.26. The Morgan fingerprint density at radius 1 is 0.463 bits per heavy atom. The van der Waals surface area contributed by atoms with E-state index in [0.29, 0.717) is 0 Å². The van der Waals surface area contributed by atoms with Gasteiger partial charge in [-0.25, -0.2) is 0 Å². The number of hydrogen-bond acceptors (Lipinski definition) is 6. The van der Waals surface area contributed by atoms with E-state index in [1.807, 2.05) is 0 Å². The highest BCUT2D eigenvalue weighted by Gasteiger charge is 2.44. The Balaban J connectivity index is 1.90. The van der Waals surface area contributed by atoms with E-state index in [1.54, 1.807) is 0 Å². The van der Waals surface area contributed by atoms with E-state index >= 15 is 0 Å². The second-order valence-electron chi connectivity index (χ2n) is 7.93. The fourth-order valence-corrected chi connectivity index (χ4v) is 3.81. The summed E-state index contributed by atoms with van der Waals surface area (Å²) in [6, 6.07) is 0.395. The van der Waals surface area contributed by atoms with Gasteiger partial charge in [-0.1, -0.05) is 23.2 Å². The minimum Gasteiger partial charge on any atom is -0.194 e. The van der Waals surface area contributed by atoms with Crippen LogP contribution in [-0.2, 0) is 29.0 Å². The average molecular weight is 645 g/mol. The zero-order valence-electron chi connectivity index (χ0n) is 18.8. The molecule has 0 atom stereocenters. The molecule has 0 aliphatic rings. The Morgan fingerprint density at radius 2 is 0.732 bits per heavy atom. The lowest BCUT2D eigenvalue weighted by molar-refractivity contribution is -0.144. The number of hydrogen-bond donors (Lipinski definition) is 0. The van der Waals surface area contributed by atoms with Crippen LogP contribution in [0.3, 0.4) is 0 Å². The largest absolute Gasteiger partial charge is 0.416 e. The number of halogens is 14. The maximum atomic E-state index is 13.3. The lowest BCUT2D eigenvalue weighted by atomic mass is 10.1. The van der Waals surface area contributed by atoms with Crippen molar-refractivity contribution in [3.8, 4) is 11.4 Å². The molecule has 220 valence electrons. The van der Waals surface area contributed by atoms with Crippen molar-refractivity contribution >= 4 is 23.2 Å². The molecule has 41 heavy (non-hydrogen) atoms. The number of alkyl halides is 14. The summed E-state index contributed by atoms with van der Waals surface area (Å²) in [7, 11) is 0. The van der Waals surface area contributed by atoms with Gasteiger partial charge >= 0.3 is 24.7 Å². The normalized spacial score (nSPS) is 13.6. The van der Waals surface area contributed by atoms with Crippen molar-refractivity contribution in [2.24, 2.45) is 0 Å². The van der Waals surface area contributed by atoms with Gasteiger partial charge in [-0.05, 0) is 57.3 Å². The summed E-state index contributed by atoms with van der Waals surface area (Å²) in [5.74, 6) is -1.96. The first-order valence-corrected chi connectivity index (χ1v) is 10.9. The molecule has 0 saturated heterocycles. The van der Waals surface area contributed by atoms with Crippen molar-refractivity contribution in [3.63, 3.8) is 0 Å². The number of aromatic nitrogens is 8. The topological polar surface area (TPSA) is 87.2 Å². The Bertz CT molecular complexity index is 1400. The van der Waals surface area contributed by atoms with Gasteiger partial charge in [-0.15, -0.1) is 10.2 Å². The van der Waals surface area contributed by atoms with Crippen LogP contribution in [0.1, 0.15) is 33.9 Å². The van der Waals surface area contributed by atoms with E-state index in [1.165, 1.54) is 0 Å².